The zero-order valence-corrected chi connectivity index (χ0v) is 13.9. The fourth-order valence-electron chi connectivity index (χ4n) is 2.20. The number of benzene rings is 1. The molecule has 1 rings (SSSR count). The number of sulfonamides is 1. The van der Waals surface area contributed by atoms with E-state index in [9.17, 15) is 8.42 Å². The molecule has 0 aromatic heterocycles. The van der Waals surface area contributed by atoms with Crippen molar-refractivity contribution < 1.29 is 8.42 Å². The topological polar surface area (TPSA) is 66.6 Å². The second-order valence-corrected chi connectivity index (χ2v) is 7.30. The first kappa shape index (κ1) is 17.2. The van der Waals surface area contributed by atoms with Crippen LogP contribution in [-0.4, -0.2) is 50.8 Å². The standard InChI is InChI=1S/C13H22ClN3O2S/c1-5-17(10(2)9-16(3)4)20(18,19)13-8-11(14)6-7-12(13)15/h6-8,10H,5,9,15H2,1-4H3. The number of likely N-dealkylation sites (N-methyl/N-ethyl adjacent to an activating group) is 2. The third-order valence-corrected chi connectivity index (χ3v) is 5.37. The van der Waals surface area contributed by atoms with E-state index in [-0.39, 0.29) is 16.6 Å². The van der Waals surface area contributed by atoms with E-state index in [0.29, 0.717) is 18.1 Å². The molecule has 0 radical (unpaired) electrons. The summed E-state index contributed by atoms with van der Waals surface area (Å²) in [4.78, 5) is 2.02. The normalized spacial score (nSPS) is 13.9. The lowest BCUT2D eigenvalue weighted by Crippen LogP contribution is -2.43. The minimum absolute atomic E-state index is 0.0671. The lowest BCUT2D eigenvalue weighted by atomic mass is 10.3. The van der Waals surface area contributed by atoms with Gasteiger partial charge in [-0.3, -0.25) is 0 Å². The van der Waals surface area contributed by atoms with Crippen LogP contribution in [0.3, 0.4) is 0 Å². The molecule has 0 heterocycles. The van der Waals surface area contributed by atoms with Crippen molar-refractivity contribution in [2.24, 2.45) is 0 Å². The van der Waals surface area contributed by atoms with Gasteiger partial charge in [-0.2, -0.15) is 4.31 Å². The van der Waals surface area contributed by atoms with Gasteiger partial charge in [0.1, 0.15) is 4.90 Å². The molecule has 0 aliphatic carbocycles. The van der Waals surface area contributed by atoms with Crippen molar-refractivity contribution >= 4 is 27.3 Å². The van der Waals surface area contributed by atoms with E-state index in [1.807, 2.05) is 32.8 Å². The van der Waals surface area contributed by atoms with Gasteiger partial charge < -0.3 is 10.6 Å². The molecule has 0 saturated heterocycles. The Bertz CT molecular complexity index is 561. The predicted octanol–water partition coefficient (Wildman–Crippen LogP) is 1.88. The van der Waals surface area contributed by atoms with Gasteiger partial charge in [-0.05, 0) is 39.2 Å². The molecule has 20 heavy (non-hydrogen) atoms. The van der Waals surface area contributed by atoms with Gasteiger partial charge in [0.05, 0.1) is 5.69 Å². The van der Waals surface area contributed by atoms with Gasteiger partial charge in [0, 0.05) is 24.2 Å². The van der Waals surface area contributed by atoms with Gasteiger partial charge in [0.25, 0.3) is 0 Å². The molecule has 114 valence electrons. The molecule has 2 N–H and O–H groups in total. The van der Waals surface area contributed by atoms with Gasteiger partial charge in [-0.25, -0.2) is 8.42 Å². The van der Waals surface area contributed by atoms with Gasteiger partial charge in [-0.15, -0.1) is 0 Å². The number of nitrogens with two attached hydrogens (primary N) is 1. The molecule has 1 atom stereocenters. The first-order valence-corrected chi connectivity index (χ1v) is 8.23. The Morgan fingerprint density at radius 2 is 1.95 bits per heavy atom. The molecule has 0 fully saturated rings. The van der Waals surface area contributed by atoms with Crippen LogP contribution in [0, 0.1) is 0 Å². The van der Waals surface area contributed by atoms with E-state index in [1.165, 1.54) is 16.4 Å². The van der Waals surface area contributed by atoms with Crippen molar-refractivity contribution in [1.82, 2.24) is 9.21 Å². The van der Waals surface area contributed by atoms with Crippen LogP contribution in [0.25, 0.3) is 0 Å². The zero-order valence-electron chi connectivity index (χ0n) is 12.3. The van der Waals surface area contributed by atoms with Gasteiger partial charge in [-0.1, -0.05) is 18.5 Å². The van der Waals surface area contributed by atoms with Crippen LogP contribution in [-0.2, 0) is 10.0 Å². The Balaban J connectivity index is 3.21. The van der Waals surface area contributed by atoms with Crippen LogP contribution in [0.15, 0.2) is 23.1 Å². The van der Waals surface area contributed by atoms with E-state index in [4.69, 9.17) is 17.3 Å². The zero-order chi connectivity index (χ0) is 15.5. The van der Waals surface area contributed by atoms with Crippen molar-refractivity contribution in [2.45, 2.75) is 24.8 Å². The Morgan fingerprint density at radius 3 is 2.45 bits per heavy atom. The second-order valence-electron chi connectivity index (χ2n) is 5.00. The van der Waals surface area contributed by atoms with Crippen LogP contribution < -0.4 is 5.73 Å². The summed E-state index contributed by atoms with van der Waals surface area (Å²) < 4.78 is 26.9. The first-order valence-electron chi connectivity index (χ1n) is 6.41. The van der Waals surface area contributed by atoms with Gasteiger partial charge in [0.2, 0.25) is 10.0 Å². The summed E-state index contributed by atoms with van der Waals surface area (Å²) in [6.45, 7) is 4.70. The second kappa shape index (κ2) is 6.76. The molecule has 0 aliphatic rings. The van der Waals surface area contributed by atoms with Gasteiger partial charge in [0.15, 0.2) is 0 Å². The summed E-state index contributed by atoms with van der Waals surface area (Å²) in [6, 6.07) is 4.34. The van der Waals surface area contributed by atoms with Crippen LogP contribution in [0.2, 0.25) is 5.02 Å². The average molecular weight is 320 g/mol. The molecule has 1 aromatic rings. The lowest BCUT2D eigenvalue weighted by molar-refractivity contribution is 0.271. The fraction of sp³-hybridized carbons (Fsp3) is 0.538. The molecule has 1 unspecified atom stereocenters. The molecule has 1 aromatic carbocycles. The maximum Gasteiger partial charge on any atom is 0.245 e. The quantitative estimate of drug-likeness (QED) is 0.813. The van der Waals surface area contributed by atoms with Gasteiger partial charge >= 0.3 is 0 Å². The molecule has 7 heteroatoms. The Hall–Kier alpha value is -0.820. The minimum atomic E-state index is -3.65. The van der Waals surface area contributed by atoms with Crippen LogP contribution >= 0.6 is 11.6 Å². The summed E-state index contributed by atoms with van der Waals surface area (Å²) in [5.41, 5.74) is 6.01. The molecule has 0 aliphatic heterocycles. The van der Waals surface area contributed by atoms with Crippen molar-refractivity contribution in [3.05, 3.63) is 23.2 Å². The molecule has 0 saturated carbocycles. The molecule has 0 bridgehead atoms. The number of nitrogens with zero attached hydrogens (tertiary/aromatic N) is 2. The van der Waals surface area contributed by atoms with Crippen molar-refractivity contribution in [1.29, 1.82) is 0 Å². The number of rotatable bonds is 6. The highest BCUT2D eigenvalue weighted by Gasteiger charge is 2.29. The lowest BCUT2D eigenvalue weighted by Gasteiger charge is -2.29. The number of halogens is 1. The third-order valence-electron chi connectivity index (χ3n) is 2.99. The maximum absolute atomic E-state index is 12.7. The smallest absolute Gasteiger partial charge is 0.245 e. The first-order chi connectivity index (χ1) is 9.20. The SMILES string of the molecule is CCN(C(C)CN(C)C)S(=O)(=O)c1cc(Cl)ccc1N. The average Bonchev–Trinajstić information content (AvgIpc) is 2.31. The van der Waals surface area contributed by atoms with Crippen LogP contribution in [0.1, 0.15) is 13.8 Å². The Kier molecular flexibility index (Phi) is 5.82. The Labute approximate surface area is 126 Å². The monoisotopic (exact) mass is 319 g/mol. The summed E-state index contributed by atoms with van der Waals surface area (Å²) in [6.07, 6.45) is 0. The molecular weight excluding hydrogens is 298 g/mol. The number of hydrogen-bond donors (Lipinski definition) is 1. The number of nitrogen functional groups attached to an aromatic ring is 1. The fourth-order valence-corrected chi connectivity index (χ4v) is 4.21. The summed E-state index contributed by atoms with van der Waals surface area (Å²) in [5, 5.41) is 0.356. The maximum atomic E-state index is 12.7. The summed E-state index contributed by atoms with van der Waals surface area (Å²) in [7, 11) is 0.163. The molecular formula is C13H22ClN3O2S. The predicted molar refractivity (Wildman–Crippen MR) is 83.4 cm³/mol. The Morgan fingerprint density at radius 1 is 1.35 bits per heavy atom. The van der Waals surface area contributed by atoms with E-state index in [0.717, 1.165) is 0 Å². The van der Waals surface area contributed by atoms with Crippen LogP contribution in [0.5, 0.6) is 0 Å². The highest BCUT2D eigenvalue weighted by Crippen LogP contribution is 2.26. The van der Waals surface area contributed by atoms with Crippen LogP contribution in [0.4, 0.5) is 5.69 Å². The van der Waals surface area contributed by atoms with E-state index >= 15 is 0 Å². The summed E-state index contributed by atoms with van der Waals surface area (Å²) >= 11 is 5.89. The molecule has 0 spiro atoms. The van der Waals surface area contributed by atoms with E-state index in [1.54, 1.807) is 6.07 Å². The minimum Gasteiger partial charge on any atom is -0.398 e. The number of anilines is 1. The van der Waals surface area contributed by atoms with Crippen molar-refractivity contribution in [2.75, 3.05) is 32.9 Å². The molecule has 0 amide bonds. The van der Waals surface area contributed by atoms with E-state index in [2.05, 4.69) is 0 Å². The van der Waals surface area contributed by atoms with E-state index < -0.39 is 10.0 Å². The highest BCUT2D eigenvalue weighted by atomic mass is 35.5. The molecule has 5 nitrogen and oxygen atoms in total. The van der Waals surface area contributed by atoms with Crippen molar-refractivity contribution in [3.63, 3.8) is 0 Å². The third kappa shape index (κ3) is 3.85. The highest BCUT2D eigenvalue weighted by molar-refractivity contribution is 7.89. The summed E-state index contributed by atoms with van der Waals surface area (Å²) in [5.74, 6) is 0. The number of hydrogen-bond acceptors (Lipinski definition) is 4. The largest absolute Gasteiger partial charge is 0.398 e. The van der Waals surface area contributed by atoms with Crippen molar-refractivity contribution in [3.8, 4) is 0 Å².